The minimum absolute atomic E-state index is 0.252. The van der Waals surface area contributed by atoms with Crippen molar-refractivity contribution in [3.63, 3.8) is 0 Å². The monoisotopic (exact) mass is 419 g/mol. The number of amides is 1. The summed E-state index contributed by atoms with van der Waals surface area (Å²) in [5, 5.41) is 14.0. The Hall–Kier alpha value is -3.58. The highest BCUT2D eigenvalue weighted by Crippen LogP contribution is 2.34. The summed E-state index contributed by atoms with van der Waals surface area (Å²) in [5.41, 5.74) is 2.08. The number of aryl methyl sites for hydroxylation is 1. The molecule has 0 saturated heterocycles. The second-order valence-corrected chi connectivity index (χ2v) is 8.10. The van der Waals surface area contributed by atoms with Crippen molar-refractivity contribution < 1.29 is 19.1 Å². The van der Waals surface area contributed by atoms with Crippen LogP contribution in [-0.4, -0.2) is 39.8 Å². The van der Waals surface area contributed by atoms with E-state index < -0.39 is 11.8 Å². The molecular formula is C24H25N3O4. The fourth-order valence-corrected chi connectivity index (χ4v) is 3.39. The molecule has 1 unspecified atom stereocenters. The molecule has 160 valence electrons. The zero-order valence-corrected chi connectivity index (χ0v) is 18.0. The van der Waals surface area contributed by atoms with E-state index in [0.717, 1.165) is 16.5 Å². The molecule has 31 heavy (non-hydrogen) atoms. The number of fused-ring (bicyclic) bond motifs is 2. The van der Waals surface area contributed by atoms with Gasteiger partial charge in [0.2, 0.25) is 0 Å². The van der Waals surface area contributed by atoms with Gasteiger partial charge in [-0.25, -0.2) is 4.98 Å². The van der Waals surface area contributed by atoms with Crippen molar-refractivity contribution in [2.45, 2.75) is 32.6 Å². The predicted octanol–water partition coefficient (Wildman–Crippen LogP) is 4.18. The standard InChI is InChI=1S/C24H25N3O4/c1-14-17-8-6-7-9-18(17)30-21(14)15(2)27(5)20(28)11-10-16-12-19-22(25-13-16)26-23(29)24(3,4)31-19/h6-13,23,29H,2H2,1,3-5H3,(H,25,26)/b11-10+. The lowest BCUT2D eigenvalue weighted by atomic mass is 10.1. The van der Waals surface area contributed by atoms with Gasteiger partial charge in [-0.1, -0.05) is 24.8 Å². The fraction of sp³-hybridized carbons (Fsp3) is 0.250. The Balaban J connectivity index is 1.51. The van der Waals surface area contributed by atoms with E-state index in [-0.39, 0.29) is 5.91 Å². The number of nitrogens with one attached hydrogen (secondary N) is 1. The second kappa shape index (κ2) is 7.59. The summed E-state index contributed by atoms with van der Waals surface area (Å²) in [7, 11) is 1.66. The number of aliphatic hydroxyl groups excluding tert-OH is 1. The quantitative estimate of drug-likeness (QED) is 0.617. The maximum absolute atomic E-state index is 12.7. The normalized spacial score (nSPS) is 17.1. The first kappa shape index (κ1) is 20.7. The average Bonchev–Trinajstić information content (AvgIpc) is 3.08. The van der Waals surface area contributed by atoms with Crippen LogP contribution < -0.4 is 10.1 Å². The van der Waals surface area contributed by atoms with Gasteiger partial charge in [0.15, 0.2) is 23.6 Å². The number of aromatic nitrogens is 1. The van der Waals surface area contributed by atoms with Crippen molar-refractivity contribution in [1.29, 1.82) is 0 Å². The minimum atomic E-state index is -0.864. The smallest absolute Gasteiger partial charge is 0.250 e. The van der Waals surface area contributed by atoms with Gasteiger partial charge in [0.25, 0.3) is 5.91 Å². The van der Waals surface area contributed by atoms with Gasteiger partial charge in [0, 0.05) is 30.3 Å². The first-order valence-corrected chi connectivity index (χ1v) is 9.94. The molecule has 0 fully saturated rings. The lowest BCUT2D eigenvalue weighted by Gasteiger charge is -2.37. The van der Waals surface area contributed by atoms with Gasteiger partial charge >= 0.3 is 0 Å². The van der Waals surface area contributed by atoms with Gasteiger partial charge in [0.05, 0.1) is 5.70 Å². The first-order valence-electron chi connectivity index (χ1n) is 9.94. The number of anilines is 1. The third-order valence-electron chi connectivity index (χ3n) is 5.44. The van der Waals surface area contributed by atoms with Crippen LogP contribution in [0.25, 0.3) is 22.7 Å². The van der Waals surface area contributed by atoms with E-state index in [1.54, 1.807) is 39.2 Å². The van der Waals surface area contributed by atoms with Gasteiger partial charge in [-0.3, -0.25) is 4.79 Å². The van der Waals surface area contributed by atoms with Crippen LogP contribution in [0, 0.1) is 6.92 Å². The number of pyridine rings is 1. The summed E-state index contributed by atoms with van der Waals surface area (Å²) in [4.78, 5) is 18.5. The number of ether oxygens (including phenoxy) is 1. The summed E-state index contributed by atoms with van der Waals surface area (Å²) >= 11 is 0. The molecule has 4 rings (SSSR count). The SMILES string of the molecule is C=C(c1oc2ccccc2c1C)N(C)C(=O)/C=C/c1cnc2c(c1)OC(C)(C)C(O)N2. The van der Waals surface area contributed by atoms with Gasteiger partial charge in [-0.05, 0) is 44.5 Å². The molecule has 1 aromatic carbocycles. The largest absolute Gasteiger partial charge is 0.479 e. The Morgan fingerprint density at radius 1 is 1.35 bits per heavy atom. The maximum atomic E-state index is 12.7. The van der Waals surface area contributed by atoms with Crippen molar-refractivity contribution in [3.8, 4) is 5.75 Å². The third-order valence-corrected chi connectivity index (χ3v) is 5.44. The van der Waals surface area contributed by atoms with Crippen LogP contribution in [0.4, 0.5) is 5.82 Å². The summed E-state index contributed by atoms with van der Waals surface area (Å²) in [6.07, 6.45) is 3.84. The van der Waals surface area contributed by atoms with Gasteiger partial charge in [-0.15, -0.1) is 0 Å². The molecule has 7 heteroatoms. The molecule has 2 N–H and O–H groups in total. The van der Waals surface area contributed by atoms with E-state index in [0.29, 0.717) is 28.6 Å². The Morgan fingerprint density at radius 2 is 2.10 bits per heavy atom. The number of hydrogen-bond acceptors (Lipinski definition) is 6. The highest BCUT2D eigenvalue weighted by molar-refractivity contribution is 5.98. The van der Waals surface area contributed by atoms with E-state index in [2.05, 4.69) is 16.9 Å². The molecule has 0 aliphatic carbocycles. The van der Waals surface area contributed by atoms with Crippen molar-refractivity contribution in [2.75, 3.05) is 12.4 Å². The Kier molecular flexibility index (Phi) is 5.07. The molecule has 3 heterocycles. The van der Waals surface area contributed by atoms with E-state index in [4.69, 9.17) is 9.15 Å². The van der Waals surface area contributed by atoms with Crippen LogP contribution >= 0.6 is 0 Å². The number of furan rings is 1. The highest BCUT2D eigenvalue weighted by atomic mass is 16.5. The number of hydrogen-bond donors (Lipinski definition) is 2. The summed E-state index contributed by atoms with van der Waals surface area (Å²) in [6, 6.07) is 9.49. The molecule has 1 amide bonds. The number of aliphatic hydroxyl groups is 1. The molecule has 0 saturated carbocycles. The molecule has 0 bridgehead atoms. The second-order valence-electron chi connectivity index (χ2n) is 8.10. The molecule has 0 radical (unpaired) electrons. The number of benzene rings is 1. The van der Waals surface area contributed by atoms with Crippen molar-refractivity contribution >= 4 is 34.5 Å². The first-order chi connectivity index (χ1) is 14.7. The van der Waals surface area contributed by atoms with Gasteiger partial charge in [0.1, 0.15) is 11.2 Å². The highest BCUT2D eigenvalue weighted by Gasteiger charge is 2.36. The maximum Gasteiger partial charge on any atom is 0.250 e. The Morgan fingerprint density at radius 3 is 2.84 bits per heavy atom. The molecule has 3 aromatic rings. The molecule has 1 aliphatic heterocycles. The molecule has 0 spiro atoms. The number of nitrogens with zero attached hydrogens (tertiary/aromatic N) is 2. The van der Waals surface area contributed by atoms with Crippen molar-refractivity contribution in [2.24, 2.45) is 0 Å². The summed E-state index contributed by atoms with van der Waals surface area (Å²) in [6.45, 7) is 9.56. The van der Waals surface area contributed by atoms with Crippen LogP contribution in [0.3, 0.4) is 0 Å². The van der Waals surface area contributed by atoms with Crippen LogP contribution in [0.1, 0.15) is 30.7 Å². The van der Waals surface area contributed by atoms with E-state index in [1.807, 2.05) is 31.2 Å². The molecule has 1 aliphatic rings. The molecule has 7 nitrogen and oxygen atoms in total. The van der Waals surface area contributed by atoms with Crippen LogP contribution in [0.15, 0.2) is 53.6 Å². The molecule has 2 aromatic heterocycles. The topological polar surface area (TPSA) is 87.8 Å². The number of para-hydroxylation sites is 1. The van der Waals surface area contributed by atoms with Crippen LogP contribution in [0.5, 0.6) is 5.75 Å². The lowest BCUT2D eigenvalue weighted by molar-refractivity contribution is -0.121. The molecule has 1 atom stereocenters. The zero-order chi connectivity index (χ0) is 22.3. The summed E-state index contributed by atoms with van der Waals surface area (Å²) < 4.78 is 11.7. The minimum Gasteiger partial charge on any atom is -0.479 e. The number of carbonyl (C=O) groups excluding carboxylic acids is 1. The van der Waals surface area contributed by atoms with E-state index in [9.17, 15) is 9.90 Å². The number of rotatable bonds is 4. The predicted molar refractivity (Wildman–Crippen MR) is 120 cm³/mol. The van der Waals surface area contributed by atoms with Crippen molar-refractivity contribution in [1.82, 2.24) is 9.88 Å². The van der Waals surface area contributed by atoms with Crippen LogP contribution in [-0.2, 0) is 4.79 Å². The van der Waals surface area contributed by atoms with Crippen molar-refractivity contribution in [3.05, 3.63) is 66.1 Å². The fourth-order valence-electron chi connectivity index (χ4n) is 3.39. The zero-order valence-electron chi connectivity index (χ0n) is 18.0. The van der Waals surface area contributed by atoms with Crippen LogP contribution in [0.2, 0.25) is 0 Å². The average molecular weight is 419 g/mol. The number of carbonyl (C=O) groups is 1. The Labute approximate surface area is 180 Å². The number of likely N-dealkylation sites (N-methyl/N-ethyl adjacent to an activating group) is 1. The van der Waals surface area contributed by atoms with E-state index >= 15 is 0 Å². The van der Waals surface area contributed by atoms with Gasteiger partial charge in [-0.2, -0.15) is 0 Å². The van der Waals surface area contributed by atoms with E-state index in [1.165, 1.54) is 11.0 Å². The van der Waals surface area contributed by atoms with Gasteiger partial charge < -0.3 is 24.5 Å². The lowest BCUT2D eigenvalue weighted by Crippen LogP contribution is -2.49. The summed E-state index contributed by atoms with van der Waals surface area (Å²) in [5.74, 6) is 1.31. The Bertz CT molecular complexity index is 1210. The third kappa shape index (κ3) is 3.80. The molecular weight excluding hydrogens is 394 g/mol.